The van der Waals surface area contributed by atoms with E-state index in [-0.39, 0.29) is 5.82 Å². The first kappa shape index (κ1) is 9.37. The second-order valence-corrected chi connectivity index (χ2v) is 4.71. The molecule has 1 aromatic carbocycles. The average Bonchev–Trinajstić information content (AvgIpc) is 2.48. The van der Waals surface area contributed by atoms with Gasteiger partial charge in [0.05, 0.1) is 20.6 Å². The fourth-order valence-corrected chi connectivity index (χ4v) is 2.41. The lowest BCUT2D eigenvalue weighted by Gasteiger charge is -1.91. The molecule has 0 aliphatic heterocycles. The summed E-state index contributed by atoms with van der Waals surface area (Å²) in [6.45, 7) is 0. The van der Waals surface area contributed by atoms with Crippen LogP contribution in [0.15, 0.2) is 16.6 Å². The number of rotatable bonds is 1. The summed E-state index contributed by atoms with van der Waals surface area (Å²) in [4.78, 5) is 4.22. The van der Waals surface area contributed by atoms with Crippen LogP contribution < -0.4 is 0 Å². The summed E-state index contributed by atoms with van der Waals surface area (Å²) in [5.74, 6) is 0.107. The van der Waals surface area contributed by atoms with Crippen LogP contribution in [-0.2, 0) is 5.88 Å². The highest BCUT2D eigenvalue weighted by Crippen LogP contribution is 2.28. The van der Waals surface area contributed by atoms with Crippen LogP contribution in [0.3, 0.4) is 0 Å². The molecular formula is C8H4BrClFNS. The number of hydrogen-bond donors (Lipinski definition) is 0. The van der Waals surface area contributed by atoms with E-state index in [0.717, 1.165) is 15.2 Å². The Balaban J connectivity index is 2.70. The highest BCUT2D eigenvalue weighted by atomic mass is 79.9. The summed E-state index contributed by atoms with van der Waals surface area (Å²) in [5.41, 5.74) is 0.786. The van der Waals surface area contributed by atoms with Crippen molar-refractivity contribution in [1.82, 2.24) is 4.98 Å². The zero-order valence-corrected chi connectivity index (χ0v) is 9.51. The third-order valence-electron chi connectivity index (χ3n) is 1.59. The number of nitrogens with zero attached hydrogens (tertiary/aromatic N) is 1. The molecule has 0 atom stereocenters. The van der Waals surface area contributed by atoms with E-state index in [1.807, 2.05) is 0 Å². The molecule has 1 nitrogen and oxygen atoms in total. The average molecular weight is 281 g/mol. The van der Waals surface area contributed by atoms with Crippen LogP contribution in [0.5, 0.6) is 0 Å². The molecule has 0 spiro atoms. The number of thiazole rings is 1. The second kappa shape index (κ2) is 3.52. The maximum atomic E-state index is 13.1. The predicted molar refractivity (Wildman–Crippen MR) is 56.8 cm³/mol. The molecule has 0 saturated carbocycles. The molecule has 0 bridgehead atoms. The molecule has 2 aromatic rings. The van der Waals surface area contributed by atoms with Crippen molar-refractivity contribution in [3.8, 4) is 0 Å². The minimum Gasteiger partial charge on any atom is -0.240 e. The quantitative estimate of drug-likeness (QED) is 0.721. The molecule has 0 unspecified atom stereocenters. The molecule has 2 rings (SSSR count). The van der Waals surface area contributed by atoms with Gasteiger partial charge in [-0.3, -0.25) is 0 Å². The topological polar surface area (TPSA) is 12.9 Å². The van der Waals surface area contributed by atoms with Crippen molar-refractivity contribution in [3.63, 3.8) is 0 Å². The molecule has 1 aromatic heterocycles. The largest absolute Gasteiger partial charge is 0.240 e. The summed E-state index contributed by atoms with van der Waals surface area (Å²) in [5, 5.41) is 0.814. The Morgan fingerprint density at radius 1 is 1.54 bits per heavy atom. The molecule has 1 heterocycles. The van der Waals surface area contributed by atoms with Crippen molar-refractivity contribution >= 4 is 49.1 Å². The molecular weight excluding hydrogens is 277 g/mol. The summed E-state index contributed by atoms with van der Waals surface area (Å²) in [6.07, 6.45) is 0. The Hall–Kier alpha value is -0.190. The molecule has 68 valence electrons. The minimum absolute atomic E-state index is 0.266. The lowest BCUT2D eigenvalue weighted by molar-refractivity contribution is 0.623. The number of hydrogen-bond acceptors (Lipinski definition) is 2. The van der Waals surface area contributed by atoms with E-state index in [9.17, 15) is 4.39 Å². The fourth-order valence-electron chi connectivity index (χ4n) is 1.03. The highest BCUT2D eigenvalue weighted by molar-refractivity contribution is 9.10. The molecule has 0 aliphatic rings. The van der Waals surface area contributed by atoms with Crippen molar-refractivity contribution < 1.29 is 4.39 Å². The van der Waals surface area contributed by atoms with Gasteiger partial charge < -0.3 is 0 Å². The Morgan fingerprint density at radius 3 is 3.00 bits per heavy atom. The SMILES string of the molecule is Fc1cc2sc(CCl)nc2cc1Br. The van der Waals surface area contributed by atoms with Crippen molar-refractivity contribution in [3.05, 3.63) is 27.4 Å². The van der Waals surface area contributed by atoms with Gasteiger partial charge in [0.1, 0.15) is 10.8 Å². The minimum atomic E-state index is -0.266. The first-order chi connectivity index (χ1) is 6.20. The van der Waals surface area contributed by atoms with Gasteiger partial charge in [-0.05, 0) is 28.1 Å². The Labute approximate surface area is 91.7 Å². The van der Waals surface area contributed by atoms with Crippen molar-refractivity contribution in [1.29, 1.82) is 0 Å². The summed E-state index contributed by atoms with van der Waals surface area (Å²) in [6, 6.07) is 3.13. The molecule has 13 heavy (non-hydrogen) atoms. The van der Waals surface area contributed by atoms with Gasteiger partial charge >= 0.3 is 0 Å². The van der Waals surface area contributed by atoms with E-state index in [2.05, 4.69) is 20.9 Å². The molecule has 0 aliphatic carbocycles. The Morgan fingerprint density at radius 2 is 2.31 bits per heavy atom. The first-order valence-corrected chi connectivity index (χ1v) is 5.65. The number of alkyl halides is 1. The van der Waals surface area contributed by atoms with Gasteiger partial charge in [-0.2, -0.15) is 0 Å². The molecule has 5 heteroatoms. The molecule has 0 N–H and O–H groups in total. The van der Waals surface area contributed by atoms with Crippen LogP contribution in [-0.4, -0.2) is 4.98 Å². The monoisotopic (exact) mass is 279 g/mol. The summed E-state index contributed by atoms with van der Waals surface area (Å²) < 4.78 is 14.3. The normalized spacial score (nSPS) is 11.0. The third kappa shape index (κ3) is 1.71. The maximum Gasteiger partial charge on any atom is 0.138 e. The van der Waals surface area contributed by atoms with Crippen molar-refractivity contribution in [2.24, 2.45) is 0 Å². The molecule has 0 radical (unpaired) electrons. The number of benzene rings is 1. The molecule has 0 saturated heterocycles. The van der Waals surface area contributed by atoms with Gasteiger partial charge in [-0.15, -0.1) is 22.9 Å². The van der Waals surface area contributed by atoms with E-state index in [0.29, 0.717) is 10.4 Å². The van der Waals surface area contributed by atoms with Gasteiger partial charge in [0.2, 0.25) is 0 Å². The lowest BCUT2D eigenvalue weighted by atomic mass is 10.3. The number of halogens is 3. The lowest BCUT2D eigenvalue weighted by Crippen LogP contribution is -1.76. The van der Waals surface area contributed by atoms with Gasteiger partial charge in [0, 0.05) is 0 Å². The van der Waals surface area contributed by atoms with Crippen LogP contribution in [0, 0.1) is 5.82 Å². The van der Waals surface area contributed by atoms with E-state index >= 15 is 0 Å². The summed E-state index contributed by atoms with van der Waals surface area (Å²) >= 11 is 10.1. The van der Waals surface area contributed by atoms with E-state index in [4.69, 9.17) is 11.6 Å². The van der Waals surface area contributed by atoms with E-state index in [1.165, 1.54) is 17.4 Å². The second-order valence-electron chi connectivity index (χ2n) is 2.48. The Bertz CT molecular complexity index is 418. The van der Waals surface area contributed by atoms with Crippen molar-refractivity contribution in [2.45, 2.75) is 5.88 Å². The van der Waals surface area contributed by atoms with Gasteiger partial charge in [0.15, 0.2) is 0 Å². The van der Waals surface area contributed by atoms with Gasteiger partial charge in [-0.1, -0.05) is 0 Å². The zero-order valence-electron chi connectivity index (χ0n) is 6.35. The highest BCUT2D eigenvalue weighted by Gasteiger charge is 2.06. The standard InChI is InChI=1S/C8H4BrClFNS/c9-4-1-6-7(2-5(4)11)13-8(3-10)12-6/h1-2H,3H2. The van der Waals surface area contributed by atoms with Gasteiger partial charge in [0.25, 0.3) is 0 Å². The maximum absolute atomic E-state index is 13.1. The third-order valence-corrected chi connectivity index (χ3v) is 3.63. The van der Waals surface area contributed by atoms with E-state index in [1.54, 1.807) is 6.07 Å². The first-order valence-electron chi connectivity index (χ1n) is 3.51. The number of aromatic nitrogens is 1. The molecule has 0 fully saturated rings. The van der Waals surface area contributed by atoms with Crippen molar-refractivity contribution in [2.75, 3.05) is 0 Å². The van der Waals surface area contributed by atoms with Gasteiger partial charge in [-0.25, -0.2) is 9.37 Å². The van der Waals surface area contributed by atoms with Crippen LogP contribution >= 0.6 is 38.9 Å². The summed E-state index contributed by atoms with van der Waals surface area (Å²) in [7, 11) is 0. The van der Waals surface area contributed by atoms with Crippen LogP contribution in [0.1, 0.15) is 5.01 Å². The zero-order chi connectivity index (χ0) is 9.42. The fraction of sp³-hybridized carbons (Fsp3) is 0.125. The van der Waals surface area contributed by atoms with Crippen LogP contribution in [0.25, 0.3) is 10.2 Å². The number of fused-ring (bicyclic) bond motifs is 1. The predicted octanol–water partition coefficient (Wildman–Crippen LogP) is 3.94. The Kier molecular flexibility index (Phi) is 2.53. The van der Waals surface area contributed by atoms with Crippen LogP contribution in [0.4, 0.5) is 4.39 Å². The molecule has 0 amide bonds. The smallest absolute Gasteiger partial charge is 0.138 e. The van der Waals surface area contributed by atoms with E-state index < -0.39 is 0 Å². The van der Waals surface area contributed by atoms with Crippen LogP contribution in [0.2, 0.25) is 0 Å².